The first kappa shape index (κ1) is 21.3. The Morgan fingerprint density at radius 1 is 1.04 bits per heavy atom. The molecule has 2 N–H and O–H groups in total. The quantitative estimate of drug-likeness (QED) is 0.748. The van der Waals surface area contributed by atoms with Crippen molar-refractivity contribution in [3.63, 3.8) is 0 Å². The van der Waals surface area contributed by atoms with E-state index in [2.05, 4.69) is 5.32 Å². The van der Waals surface area contributed by atoms with Crippen molar-refractivity contribution in [2.45, 2.75) is 51.9 Å². The van der Waals surface area contributed by atoms with E-state index < -0.39 is 29.8 Å². The minimum atomic E-state index is -1.04. The van der Waals surface area contributed by atoms with Crippen molar-refractivity contribution in [3.8, 4) is 0 Å². The summed E-state index contributed by atoms with van der Waals surface area (Å²) in [5.41, 5.74) is 1.06. The fraction of sp³-hybridized carbons (Fsp3) is 0.364. The third kappa shape index (κ3) is 5.74. The van der Waals surface area contributed by atoms with E-state index in [0.717, 1.165) is 11.1 Å². The van der Waals surface area contributed by atoms with Crippen molar-refractivity contribution in [3.05, 3.63) is 71.8 Å². The van der Waals surface area contributed by atoms with Crippen LogP contribution in [0.4, 0.5) is 9.59 Å². The van der Waals surface area contributed by atoms with Gasteiger partial charge in [0.1, 0.15) is 6.61 Å². The minimum Gasteiger partial charge on any atom is -0.465 e. The van der Waals surface area contributed by atoms with Gasteiger partial charge in [-0.3, -0.25) is 4.90 Å². The first-order chi connectivity index (χ1) is 13.2. The average Bonchev–Trinajstić information content (AvgIpc) is 2.64. The Morgan fingerprint density at radius 3 is 2.07 bits per heavy atom. The Kier molecular flexibility index (Phi) is 7.04. The summed E-state index contributed by atoms with van der Waals surface area (Å²) in [4.78, 5) is 25.7. The van der Waals surface area contributed by atoms with E-state index in [1.165, 1.54) is 4.90 Å². The van der Waals surface area contributed by atoms with E-state index in [4.69, 9.17) is 4.74 Å². The summed E-state index contributed by atoms with van der Waals surface area (Å²) in [6.07, 6.45) is -1.64. The van der Waals surface area contributed by atoms with Crippen molar-refractivity contribution < 1.29 is 19.4 Å². The van der Waals surface area contributed by atoms with E-state index in [9.17, 15) is 14.7 Å². The molecule has 0 fully saturated rings. The van der Waals surface area contributed by atoms with Crippen molar-refractivity contribution in [1.82, 2.24) is 10.2 Å². The van der Waals surface area contributed by atoms with Crippen molar-refractivity contribution in [1.29, 1.82) is 0 Å². The molecular weight excluding hydrogens is 356 g/mol. The van der Waals surface area contributed by atoms with Gasteiger partial charge in [0, 0.05) is 5.54 Å². The molecule has 6 nitrogen and oxygen atoms in total. The molecule has 0 aliphatic heterocycles. The normalized spacial score (nSPS) is 13.3. The molecule has 2 aromatic rings. The lowest BCUT2D eigenvalue weighted by Crippen LogP contribution is -2.54. The lowest BCUT2D eigenvalue weighted by molar-refractivity contribution is 0.0591. The standard InChI is InChI=1S/C22H28N2O4/c1-16(24(21(26)27)22(2,3)4)19(18-13-9-6-10-14-18)23-20(25)28-15-17-11-7-5-8-12-17/h5-14,16,19H,15H2,1-4H3,(H,23,25)(H,26,27)/t16-,19?/m1/s1. The Bertz CT molecular complexity index is 772. The molecule has 0 saturated carbocycles. The van der Waals surface area contributed by atoms with Crippen LogP contribution in [0.1, 0.15) is 44.9 Å². The van der Waals surface area contributed by atoms with E-state index in [1.54, 1.807) is 6.92 Å². The summed E-state index contributed by atoms with van der Waals surface area (Å²) in [5.74, 6) is 0. The van der Waals surface area contributed by atoms with Gasteiger partial charge in [-0.2, -0.15) is 0 Å². The van der Waals surface area contributed by atoms with Gasteiger partial charge in [0.15, 0.2) is 0 Å². The number of nitrogens with one attached hydrogen (secondary N) is 1. The number of alkyl carbamates (subject to hydrolysis) is 1. The van der Waals surface area contributed by atoms with Crippen LogP contribution in [0, 0.1) is 0 Å². The zero-order chi connectivity index (χ0) is 20.7. The first-order valence-corrected chi connectivity index (χ1v) is 9.24. The van der Waals surface area contributed by atoms with Crippen LogP contribution in [0.25, 0.3) is 0 Å². The predicted octanol–water partition coefficient (Wildman–Crippen LogP) is 4.82. The van der Waals surface area contributed by atoms with Crippen LogP contribution in [0.15, 0.2) is 60.7 Å². The summed E-state index contributed by atoms with van der Waals surface area (Å²) in [6, 6.07) is 17.6. The van der Waals surface area contributed by atoms with Crippen molar-refractivity contribution in [2.75, 3.05) is 0 Å². The SMILES string of the molecule is C[C@H](C(NC(=O)OCc1ccccc1)c1ccccc1)N(C(=O)O)C(C)(C)C. The highest BCUT2D eigenvalue weighted by Gasteiger charge is 2.36. The molecule has 0 heterocycles. The lowest BCUT2D eigenvalue weighted by Gasteiger charge is -2.41. The molecule has 2 amide bonds. The third-order valence-electron chi connectivity index (χ3n) is 4.46. The van der Waals surface area contributed by atoms with Crippen LogP contribution < -0.4 is 5.32 Å². The summed E-state index contributed by atoms with van der Waals surface area (Å²) < 4.78 is 5.34. The van der Waals surface area contributed by atoms with E-state index in [1.807, 2.05) is 81.4 Å². The highest BCUT2D eigenvalue weighted by Crippen LogP contribution is 2.27. The topological polar surface area (TPSA) is 78.9 Å². The number of carbonyl (C=O) groups is 2. The minimum absolute atomic E-state index is 0.143. The molecule has 0 radical (unpaired) electrons. The van der Waals surface area contributed by atoms with Gasteiger partial charge in [0.05, 0.1) is 12.1 Å². The number of amides is 2. The number of ether oxygens (including phenoxy) is 1. The van der Waals surface area contributed by atoms with Crippen LogP contribution in [0.5, 0.6) is 0 Å². The lowest BCUT2D eigenvalue weighted by atomic mass is 9.95. The van der Waals surface area contributed by atoms with Gasteiger partial charge in [-0.25, -0.2) is 9.59 Å². The molecule has 1 unspecified atom stereocenters. The van der Waals surface area contributed by atoms with Crippen LogP contribution >= 0.6 is 0 Å². The van der Waals surface area contributed by atoms with Crippen molar-refractivity contribution in [2.24, 2.45) is 0 Å². The van der Waals surface area contributed by atoms with Gasteiger partial charge in [-0.15, -0.1) is 0 Å². The second kappa shape index (κ2) is 9.26. The average molecular weight is 384 g/mol. The Morgan fingerprint density at radius 2 is 1.57 bits per heavy atom. The van der Waals surface area contributed by atoms with Crippen molar-refractivity contribution >= 4 is 12.2 Å². The van der Waals surface area contributed by atoms with Crippen LogP contribution in [-0.4, -0.2) is 33.8 Å². The number of hydrogen-bond acceptors (Lipinski definition) is 3. The second-order valence-electron chi connectivity index (χ2n) is 7.66. The molecule has 0 spiro atoms. The number of benzene rings is 2. The molecule has 150 valence electrons. The molecule has 28 heavy (non-hydrogen) atoms. The Hall–Kier alpha value is -3.02. The number of nitrogens with zero attached hydrogens (tertiary/aromatic N) is 1. The summed E-state index contributed by atoms with van der Waals surface area (Å²) in [7, 11) is 0. The van der Waals surface area contributed by atoms with Gasteiger partial charge in [0.25, 0.3) is 0 Å². The maximum absolute atomic E-state index is 12.4. The third-order valence-corrected chi connectivity index (χ3v) is 4.46. The molecule has 2 atom stereocenters. The fourth-order valence-electron chi connectivity index (χ4n) is 3.26. The summed E-state index contributed by atoms with van der Waals surface area (Å²) in [5, 5.41) is 12.6. The molecule has 0 bridgehead atoms. The molecule has 2 rings (SSSR count). The van der Waals surface area contributed by atoms with E-state index >= 15 is 0 Å². The summed E-state index contributed by atoms with van der Waals surface area (Å²) >= 11 is 0. The molecular formula is C22H28N2O4. The smallest absolute Gasteiger partial charge is 0.408 e. The Labute approximate surface area is 166 Å². The highest BCUT2D eigenvalue weighted by atomic mass is 16.5. The number of carboxylic acid groups (broad SMARTS) is 1. The van der Waals surface area contributed by atoms with Crippen LogP contribution in [-0.2, 0) is 11.3 Å². The van der Waals surface area contributed by atoms with Crippen LogP contribution in [0.2, 0.25) is 0 Å². The Balaban J connectivity index is 2.20. The molecule has 2 aromatic carbocycles. The van der Waals surface area contributed by atoms with Gasteiger partial charge in [-0.1, -0.05) is 60.7 Å². The summed E-state index contributed by atoms with van der Waals surface area (Å²) in [6.45, 7) is 7.41. The number of carbonyl (C=O) groups excluding carboxylic acids is 1. The first-order valence-electron chi connectivity index (χ1n) is 9.24. The zero-order valence-corrected chi connectivity index (χ0v) is 16.8. The monoisotopic (exact) mass is 384 g/mol. The predicted molar refractivity (Wildman–Crippen MR) is 108 cm³/mol. The molecule has 0 saturated heterocycles. The molecule has 0 aliphatic rings. The largest absolute Gasteiger partial charge is 0.465 e. The van der Waals surface area contributed by atoms with Crippen LogP contribution in [0.3, 0.4) is 0 Å². The molecule has 6 heteroatoms. The molecule has 0 aliphatic carbocycles. The van der Waals surface area contributed by atoms with E-state index in [0.29, 0.717) is 0 Å². The van der Waals surface area contributed by atoms with Gasteiger partial charge in [0.2, 0.25) is 0 Å². The maximum atomic E-state index is 12.4. The number of rotatable bonds is 6. The highest BCUT2D eigenvalue weighted by molar-refractivity contribution is 5.69. The number of hydrogen-bond donors (Lipinski definition) is 2. The van der Waals surface area contributed by atoms with Gasteiger partial charge < -0.3 is 15.2 Å². The van der Waals surface area contributed by atoms with Gasteiger partial charge >= 0.3 is 12.2 Å². The van der Waals surface area contributed by atoms with E-state index in [-0.39, 0.29) is 6.61 Å². The second-order valence-corrected chi connectivity index (χ2v) is 7.66. The van der Waals surface area contributed by atoms with Gasteiger partial charge in [-0.05, 0) is 38.8 Å². The molecule has 0 aromatic heterocycles. The fourth-order valence-corrected chi connectivity index (χ4v) is 3.26. The zero-order valence-electron chi connectivity index (χ0n) is 16.8. The maximum Gasteiger partial charge on any atom is 0.408 e.